The Kier molecular flexibility index (Phi) is 5.40. The molecule has 2 atom stereocenters. The van der Waals surface area contributed by atoms with E-state index in [-0.39, 0.29) is 0 Å². The quantitative estimate of drug-likeness (QED) is 0.623. The van der Waals surface area contributed by atoms with Crippen molar-refractivity contribution in [3.8, 4) is 0 Å². The van der Waals surface area contributed by atoms with E-state index in [0.29, 0.717) is 25.3 Å². The Labute approximate surface area is 86.6 Å². The number of hydrogen-bond donors (Lipinski definition) is 2. The minimum Gasteiger partial charge on any atom is -0.374 e. The zero-order valence-electron chi connectivity index (χ0n) is 9.11. The predicted octanol–water partition coefficient (Wildman–Crippen LogP) is -0.227. The fraction of sp³-hybridized carbons (Fsp3) is 1.00. The third kappa shape index (κ3) is 3.92. The van der Waals surface area contributed by atoms with Crippen molar-refractivity contribution in [1.29, 1.82) is 0 Å². The van der Waals surface area contributed by atoms with Gasteiger partial charge in [-0.3, -0.25) is 4.90 Å². The highest BCUT2D eigenvalue weighted by Crippen LogP contribution is 2.19. The van der Waals surface area contributed by atoms with E-state index in [0.717, 1.165) is 19.6 Å². The van der Waals surface area contributed by atoms with Gasteiger partial charge < -0.3 is 16.2 Å². The molecule has 0 aromatic rings. The molecule has 14 heavy (non-hydrogen) atoms. The average molecular weight is 201 g/mol. The van der Waals surface area contributed by atoms with E-state index >= 15 is 0 Å². The van der Waals surface area contributed by atoms with E-state index < -0.39 is 0 Å². The molecule has 0 amide bonds. The van der Waals surface area contributed by atoms with Gasteiger partial charge in [-0.1, -0.05) is 0 Å². The van der Waals surface area contributed by atoms with Gasteiger partial charge in [-0.05, 0) is 19.8 Å². The fourth-order valence-electron chi connectivity index (χ4n) is 1.97. The summed E-state index contributed by atoms with van der Waals surface area (Å²) in [6.45, 7) is 6.36. The molecule has 1 saturated heterocycles. The maximum atomic E-state index is 5.76. The Hall–Kier alpha value is -0.160. The molecule has 4 heteroatoms. The second-order valence-electron chi connectivity index (χ2n) is 4.02. The topological polar surface area (TPSA) is 64.5 Å². The molecule has 1 aliphatic heterocycles. The van der Waals surface area contributed by atoms with Gasteiger partial charge in [0, 0.05) is 32.7 Å². The molecule has 0 aromatic heterocycles. The van der Waals surface area contributed by atoms with Crippen LogP contribution in [0.5, 0.6) is 0 Å². The smallest absolute Gasteiger partial charge is 0.0706 e. The van der Waals surface area contributed by atoms with Gasteiger partial charge in [-0.15, -0.1) is 0 Å². The summed E-state index contributed by atoms with van der Waals surface area (Å²) in [5.74, 6) is 0. The van der Waals surface area contributed by atoms with Gasteiger partial charge in [0.05, 0.1) is 12.2 Å². The van der Waals surface area contributed by atoms with Gasteiger partial charge in [0.15, 0.2) is 0 Å². The van der Waals surface area contributed by atoms with Crippen LogP contribution in [0.3, 0.4) is 0 Å². The van der Waals surface area contributed by atoms with Gasteiger partial charge >= 0.3 is 0 Å². The SMILES string of the molecule is CC1CCC(CN(CCN)CCN)O1. The van der Waals surface area contributed by atoms with Crippen LogP contribution in [-0.4, -0.2) is 49.8 Å². The number of ether oxygens (including phenoxy) is 1. The minimum absolute atomic E-state index is 0.392. The first-order valence-corrected chi connectivity index (χ1v) is 5.54. The number of nitrogens with zero attached hydrogens (tertiary/aromatic N) is 1. The first-order chi connectivity index (χ1) is 6.76. The summed E-state index contributed by atoms with van der Waals surface area (Å²) in [6, 6.07) is 0. The molecule has 0 bridgehead atoms. The summed E-state index contributed by atoms with van der Waals surface area (Å²) >= 11 is 0. The highest BCUT2D eigenvalue weighted by atomic mass is 16.5. The molecule has 0 saturated carbocycles. The van der Waals surface area contributed by atoms with E-state index in [1.165, 1.54) is 12.8 Å². The summed E-state index contributed by atoms with van der Waals surface area (Å²) in [4.78, 5) is 2.29. The molecule has 0 radical (unpaired) electrons. The second kappa shape index (κ2) is 6.35. The van der Waals surface area contributed by atoms with Crippen LogP contribution in [0.15, 0.2) is 0 Å². The molecular formula is C10H23N3O. The zero-order valence-corrected chi connectivity index (χ0v) is 9.11. The second-order valence-corrected chi connectivity index (χ2v) is 4.02. The van der Waals surface area contributed by atoms with E-state index in [2.05, 4.69) is 11.8 Å². The molecule has 0 aromatic carbocycles. The standard InChI is InChI=1S/C10H23N3O/c1-9-2-3-10(14-9)8-13(6-4-11)7-5-12/h9-10H,2-8,11-12H2,1H3. The van der Waals surface area contributed by atoms with Crippen molar-refractivity contribution < 1.29 is 4.74 Å². The van der Waals surface area contributed by atoms with E-state index in [9.17, 15) is 0 Å². The number of nitrogens with two attached hydrogens (primary N) is 2. The van der Waals surface area contributed by atoms with Crippen LogP contribution in [0, 0.1) is 0 Å². The van der Waals surface area contributed by atoms with Crippen molar-refractivity contribution in [2.75, 3.05) is 32.7 Å². The van der Waals surface area contributed by atoms with Crippen LogP contribution in [0.4, 0.5) is 0 Å². The molecule has 0 spiro atoms. The minimum atomic E-state index is 0.392. The fourth-order valence-corrected chi connectivity index (χ4v) is 1.97. The molecule has 1 aliphatic rings. The number of rotatable bonds is 6. The van der Waals surface area contributed by atoms with E-state index in [1.807, 2.05) is 0 Å². The molecule has 1 rings (SSSR count). The molecule has 0 aliphatic carbocycles. The maximum Gasteiger partial charge on any atom is 0.0706 e. The van der Waals surface area contributed by atoms with Crippen molar-refractivity contribution in [1.82, 2.24) is 4.90 Å². The van der Waals surface area contributed by atoms with Gasteiger partial charge in [0.2, 0.25) is 0 Å². The van der Waals surface area contributed by atoms with Crippen LogP contribution in [-0.2, 0) is 4.74 Å². The third-order valence-corrected chi connectivity index (χ3v) is 2.67. The van der Waals surface area contributed by atoms with Crippen molar-refractivity contribution >= 4 is 0 Å². The lowest BCUT2D eigenvalue weighted by Crippen LogP contribution is -2.39. The lowest BCUT2D eigenvalue weighted by atomic mass is 10.2. The Balaban J connectivity index is 2.24. The van der Waals surface area contributed by atoms with Crippen LogP contribution in [0.1, 0.15) is 19.8 Å². The predicted molar refractivity (Wildman–Crippen MR) is 58.1 cm³/mol. The van der Waals surface area contributed by atoms with Crippen LogP contribution in [0.2, 0.25) is 0 Å². The summed E-state index contributed by atoms with van der Waals surface area (Å²) in [5.41, 5.74) is 11.1. The van der Waals surface area contributed by atoms with Crippen molar-refractivity contribution in [3.63, 3.8) is 0 Å². The van der Waals surface area contributed by atoms with Crippen LogP contribution < -0.4 is 11.5 Å². The van der Waals surface area contributed by atoms with Crippen molar-refractivity contribution in [3.05, 3.63) is 0 Å². The Morgan fingerprint density at radius 3 is 2.29 bits per heavy atom. The maximum absolute atomic E-state index is 5.76. The van der Waals surface area contributed by atoms with E-state index in [1.54, 1.807) is 0 Å². The van der Waals surface area contributed by atoms with Gasteiger partial charge in [0.25, 0.3) is 0 Å². The molecule has 2 unspecified atom stereocenters. The summed E-state index contributed by atoms with van der Waals surface area (Å²) in [7, 11) is 0. The highest BCUT2D eigenvalue weighted by molar-refractivity contribution is 4.74. The third-order valence-electron chi connectivity index (χ3n) is 2.67. The summed E-state index contributed by atoms with van der Waals surface area (Å²) in [5, 5.41) is 0. The molecule has 4 N–H and O–H groups in total. The lowest BCUT2D eigenvalue weighted by molar-refractivity contribution is 0.0326. The van der Waals surface area contributed by atoms with E-state index in [4.69, 9.17) is 16.2 Å². The Morgan fingerprint density at radius 1 is 1.21 bits per heavy atom. The molecular weight excluding hydrogens is 178 g/mol. The monoisotopic (exact) mass is 201 g/mol. The normalized spacial score (nSPS) is 27.4. The summed E-state index contributed by atoms with van der Waals surface area (Å²) < 4.78 is 5.76. The van der Waals surface area contributed by atoms with Crippen molar-refractivity contribution in [2.45, 2.75) is 32.0 Å². The largest absolute Gasteiger partial charge is 0.374 e. The molecule has 84 valence electrons. The Morgan fingerprint density at radius 2 is 1.86 bits per heavy atom. The highest BCUT2D eigenvalue weighted by Gasteiger charge is 2.23. The lowest BCUT2D eigenvalue weighted by Gasteiger charge is -2.24. The van der Waals surface area contributed by atoms with Crippen molar-refractivity contribution in [2.24, 2.45) is 11.5 Å². The molecule has 4 nitrogen and oxygen atoms in total. The first-order valence-electron chi connectivity index (χ1n) is 5.54. The van der Waals surface area contributed by atoms with Gasteiger partial charge in [0.1, 0.15) is 0 Å². The van der Waals surface area contributed by atoms with Gasteiger partial charge in [-0.25, -0.2) is 0 Å². The Bertz CT molecular complexity index is 148. The van der Waals surface area contributed by atoms with Crippen LogP contribution in [0.25, 0.3) is 0 Å². The molecule has 1 fully saturated rings. The average Bonchev–Trinajstić information content (AvgIpc) is 2.52. The molecule has 1 heterocycles. The summed E-state index contributed by atoms with van der Waals surface area (Å²) in [6.07, 6.45) is 3.18. The number of hydrogen-bond acceptors (Lipinski definition) is 4. The van der Waals surface area contributed by atoms with Crippen LogP contribution >= 0.6 is 0 Å². The first kappa shape index (κ1) is 11.9. The zero-order chi connectivity index (χ0) is 10.4. The van der Waals surface area contributed by atoms with Gasteiger partial charge in [-0.2, -0.15) is 0 Å².